The molecule has 9 heteroatoms. The smallest absolute Gasteiger partial charge is 0.266 e. The van der Waals surface area contributed by atoms with Gasteiger partial charge in [0.15, 0.2) is 17.2 Å². The number of rotatable bonds is 6. The molecule has 0 aromatic heterocycles. The number of hydrogen-bond donors (Lipinski definition) is 1. The van der Waals surface area contributed by atoms with Gasteiger partial charge in [0.05, 0.1) is 32.0 Å². The maximum Gasteiger partial charge on any atom is 0.266 e. The Morgan fingerprint density at radius 2 is 1.83 bits per heavy atom. The molecule has 3 fully saturated rings. The Bertz CT molecular complexity index is 975. The van der Waals surface area contributed by atoms with Crippen molar-refractivity contribution in [3.05, 3.63) is 23.8 Å². The first-order chi connectivity index (χ1) is 14.5. The van der Waals surface area contributed by atoms with Crippen LogP contribution in [0.25, 0.3) is 0 Å². The molecule has 2 heterocycles. The molecule has 2 saturated carbocycles. The number of hydrogen-bond acceptors (Lipinski definition) is 7. The molecule has 1 saturated heterocycles. The van der Waals surface area contributed by atoms with Crippen LogP contribution in [0, 0.1) is 29.6 Å². The monoisotopic (exact) mass is 413 g/mol. The summed E-state index contributed by atoms with van der Waals surface area (Å²) >= 11 is 0. The summed E-state index contributed by atoms with van der Waals surface area (Å²) in [5.74, 6) is -1.01. The van der Waals surface area contributed by atoms with E-state index in [-0.39, 0.29) is 41.4 Å². The summed E-state index contributed by atoms with van der Waals surface area (Å²) in [5.41, 5.74) is 6.58. The van der Waals surface area contributed by atoms with Crippen molar-refractivity contribution in [2.75, 3.05) is 20.8 Å². The van der Waals surface area contributed by atoms with Crippen LogP contribution in [0.4, 0.5) is 0 Å². The zero-order valence-corrected chi connectivity index (χ0v) is 16.7. The highest BCUT2D eigenvalue weighted by atomic mass is 16.6. The van der Waals surface area contributed by atoms with E-state index < -0.39 is 17.7 Å². The Kier molecular flexibility index (Phi) is 4.23. The van der Waals surface area contributed by atoms with E-state index in [0.717, 1.165) is 5.56 Å². The minimum Gasteiger partial charge on any atom is -0.493 e. The van der Waals surface area contributed by atoms with E-state index in [0.29, 0.717) is 30.9 Å². The van der Waals surface area contributed by atoms with Gasteiger partial charge >= 0.3 is 0 Å². The van der Waals surface area contributed by atoms with E-state index in [4.69, 9.17) is 20.0 Å². The molecule has 1 aromatic rings. The van der Waals surface area contributed by atoms with Crippen LogP contribution in [0.5, 0.6) is 11.5 Å². The standard InChI is InChI=1S/C21H23N3O6/c1-28-12-4-3-9(7-13(12)29-2)5-6-24-20(26)14-10-8-11(15(14)21(24)27)18-16(10)17(19(22)25)23-30-18/h3-4,7,10-11,14-16,18H,5-6,8H2,1-2H3,(H2,22,25)/t10-,11+,14+,15-,16-,18+/m0/s1. The van der Waals surface area contributed by atoms with Gasteiger partial charge in [0.25, 0.3) is 5.91 Å². The van der Waals surface area contributed by atoms with E-state index >= 15 is 0 Å². The fraction of sp³-hybridized carbons (Fsp3) is 0.524. The lowest BCUT2D eigenvalue weighted by Crippen LogP contribution is -2.43. The number of nitrogens with two attached hydrogens (primary N) is 1. The quantitative estimate of drug-likeness (QED) is 0.672. The molecule has 158 valence electrons. The van der Waals surface area contributed by atoms with E-state index in [1.165, 1.54) is 4.90 Å². The first-order valence-electron chi connectivity index (χ1n) is 10.1. The third-order valence-corrected chi connectivity index (χ3v) is 7.11. The molecule has 30 heavy (non-hydrogen) atoms. The number of methoxy groups -OCH3 is 2. The summed E-state index contributed by atoms with van der Waals surface area (Å²) in [4.78, 5) is 44.8. The third-order valence-electron chi connectivity index (χ3n) is 7.11. The van der Waals surface area contributed by atoms with Crippen LogP contribution in [-0.2, 0) is 25.6 Å². The molecule has 5 rings (SSSR count). The van der Waals surface area contributed by atoms with E-state index in [1.807, 2.05) is 12.1 Å². The van der Waals surface area contributed by atoms with Crippen molar-refractivity contribution < 1.29 is 28.7 Å². The van der Waals surface area contributed by atoms with Gasteiger partial charge in [-0.05, 0) is 36.5 Å². The highest BCUT2D eigenvalue weighted by molar-refractivity contribution is 6.39. The van der Waals surface area contributed by atoms with Gasteiger partial charge in [-0.2, -0.15) is 0 Å². The van der Waals surface area contributed by atoms with Gasteiger partial charge < -0.3 is 20.0 Å². The minimum atomic E-state index is -0.617. The van der Waals surface area contributed by atoms with E-state index in [9.17, 15) is 14.4 Å². The Morgan fingerprint density at radius 3 is 2.50 bits per heavy atom. The molecule has 4 aliphatic rings. The van der Waals surface area contributed by atoms with Gasteiger partial charge in [0.1, 0.15) is 6.10 Å². The molecular weight excluding hydrogens is 390 g/mol. The predicted octanol–water partition coefficient (Wildman–Crippen LogP) is 0.354. The van der Waals surface area contributed by atoms with Crippen molar-refractivity contribution in [3.8, 4) is 11.5 Å². The van der Waals surface area contributed by atoms with Crippen molar-refractivity contribution in [2.45, 2.75) is 18.9 Å². The van der Waals surface area contributed by atoms with Crippen molar-refractivity contribution >= 4 is 23.4 Å². The Balaban J connectivity index is 1.33. The van der Waals surface area contributed by atoms with Crippen LogP contribution < -0.4 is 15.2 Å². The van der Waals surface area contributed by atoms with Crippen molar-refractivity contribution in [2.24, 2.45) is 40.5 Å². The molecule has 2 N–H and O–H groups in total. The van der Waals surface area contributed by atoms with Crippen LogP contribution in [-0.4, -0.2) is 55.2 Å². The highest BCUT2D eigenvalue weighted by Crippen LogP contribution is 2.61. The summed E-state index contributed by atoms with van der Waals surface area (Å²) in [6.45, 7) is 0.298. The Morgan fingerprint density at radius 1 is 1.13 bits per heavy atom. The zero-order valence-electron chi connectivity index (χ0n) is 16.7. The first-order valence-corrected chi connectivity index (χ1v) is 10.1. The van der Waals surface area contributed by atoms with Gasteiger partial charge in [-0.1, -0.05) is 11.2 Å². The minimum absolute atomic E-state index is 0.104. The molecule has 2 aliphatic carbocycles. The van der Waals surface area contributed by atoms with Gasteiger partial charge in [0.2, 0.25) is 11.8 Å². The number of nitrogens with zero attached hydrogens (tertiary/aromatic N) is 2. The van der Waals surface area contributed by atoms with Gasteiger partial charge in [0, 0.05) is 12.5 Å². The molecule has 9 nitrogen and oxygen atoms in total. The van der Waals surface area contributed by atoms with Gasteiger partial charge in [-0.3, -0.25) is 19.3 Å². The molecule has 0 spiro atoms. The van der Waals surface area contributed by atoms with E-state index in [1.54, 1.807) is 20.3 Å². The number of benzene rings is 1. The van der Waals surface area contributed by atoms with Crippen molar-refractivity contribution in [3.63, 3.8) is 0 Å². The number of ether oxygens (including phenoxy) is 2. The number of oxime groups is 1. The number of imide groups is 1. The van der Waals surface area contributed by atoms with Gasteiger partial charge in [-0.25, -0.2) is 0 Å². The molecule has 0 radical (unpaired) electrons. The van der Waals surface area contributed by atoms with Crippen LogP contribution in [0.15, 0.2) is 23.4 Å². The molecule has 0 unspecified atom stereocenters. The molecule has 2 aliphatic heterocycles. The summed E-state index contributed by atoms with van der Waals surface area (Å²) in [5, 5.41) is 3.85. The number of fused-ring (bicyclic) bond motifs is 8. The fourth-order valence-corrected chi connectivity index (χ4v) is 5.89. The average molecular weight is 413 g/mol. The van der Waals surface area contributed by atoms with Crippen molar-refractivity contribution in [1.82, 2.24) is 4.90 Å². The predicted molar refractivity (Wildman–Crippen MR) is 104 cm³/mol. The topological polar surface area (TPSA) is 121 Å². The second-order valence-corrected chi connectivity index (χ2v) is 8.32. The number of carbonyl (C=O) groups is 3. The summed E-state index contributed by atoms with van der Waals surface area (Å²) in [6, 6.07) is 5.55. The number of carbonyl (C=O) groups excluding carboxylic acids is 3. The largest absolute Gasteiger partial charge is 0.493 e. The fourth-order valence-electron chi connectivity index (χ4n) is 5.89. The second kappa shape index (κ2) is 6.72. The van der Waals surface area contributed by atoms with Crippen LogP contribution >= 0.6 is 0 Å². The van der Waals surface area contributed by atoms with E-state index in [2.05, 4.69) is 5.16 Å². The normalized spacial score (nSPS) is 33.3. The summed E-state index contributed by atoms with van der Waals surface area (Å²) in [6.07, 6.45) is 0.878. The van der Waals surface area contributed by atoms with Crippen molar-refractivity contribution in [1.29, 1.82) is 0 Å². The van der Waals surface area contributed by atoms with Crippen LogP contribution in [0.1, 0.15) is 12.0 Å². The Hall–Kier alpha value is -3.10. The lowest BCUT2D eigenvalue weighted by molar-refractivity contribution is -0.141. The molecular formula is C21H23N3O6. The molecule has 3 amide bonds. The van der Waals surface area contributed by atoms with Crippen LogP contribution in [0.3, 0.4) is 0 Å². The second-order valence-electron chi connectivity index (χ2n) is 8.32. The third kappa shape index (κ3) is 2.47. The molecule has 1 aromatic carbocycles. The number of amides is 3. The number of likely N-dealkylation sites (tertiary alicyclic amines) is 1. The number of primary amides is 1. The lowest BCUT2D eigenvalue weighted by Gasteiger charge is -2.29. The van der Waals surface area contributed by atoms with Crippen LogP contribution in [0.2, 0.25) is 0 Å². The maximum absolute atomic E-state index is 13.2. The Labute approximate surface area is 173 Å². The average Bonchev–Trinajstić information content (AvgIpc) is 3.47. The SMILES string of the molecule is COc1ccc(CCN2C(=O)[C@@H]3[C@@H]4C[C@@H]([C@H]5ON=C(C(N)=O)[C@H]45)[C@@H]3C2=O)cc1OC. The molecule has 2 bridgehead atoms. The maximum atomic E-state index is 13.2. The molecule has 6 atom stereocenters. The van der Waals surface area contributed by atoms with Gasteiger partial charge in [-0.15, -0.1) is 0 Å². The summed E-state index contributed by atoms with van der Waals surface area (Å²) < 4.78 is 10.6. The lowest BCUT2D eigenvalue weighted by atomic mass is 9.72. The zero-order chi connectivity index (χ0) is 21.2. The highest BCUT2D eigenvalue weighted by Gasteiger charge is 2.70. The first kappa shape index (κ1) is 18.9. The summed E-state index contributed by atoms with van der Waals surface area (Å²) in [7, 11) is 3.13.